The van der Waals surface area contributed by atoms with Crippen LogP contribution in [0.5, 0.6) is 5.75 Å². The molecule has 0 aliphatic carbocycles. The van der Waals surface area contributed by atoms with E-state index in [-0.39, 0.29) is 11.6 Å². The van der Waals surface area contributed by atoms with Gasteiger partial charge in [-0.2, -0.15) is 0 Å². The molecule has 1 amide bonds. The molecule has 0 saturated carbocycles. The Bertz CT molecular complexity index is 675. The van der Waals surface area contributed by atoms with Crippen LogP contribution in [0.4, 0.5) is 4.39 Å². The quantitative estimate of drug-likeness (QED) is 0.848. The first-order valence-corrected chi connectivity index (χ1v) is 7.79. The number of halogens is 2. The van der Waals surface area contributed by atoms with Gasteiger partial charge in [0, 0.05) is 4.47 Å². The smallest absolute Gasteiger partial charge is 0.254 e. The van der Waals surface area contributed by atoms with E-state index in [9.17, 15) is 9.18 Å². The Balaban J connectivity index is 2.14. The van der Waals surface area contributed by atoms with Crippen LogP contribution in [0.1, 0.15) is 35.8 Å². The predicted molar refractivity (Wildman–Crippen MR) is 87.6 cm³/mol. The molecule has 0 aromatic heterocycles. The van der Waals surface area contributed by atoms with Crippen molar-refractivity contribution >= 4 is 21.8 Å². The minimum Gasteiger partial charge on any atom is -0.494 e. The van der Waals surface area contributed by atoms with E-state index in [1.54, 1.807) is 6.07 Å². The number of hydrogen-bond donors (Lipinski definition) is 1. The van der Waals surface area contributed by atoms with Gasteiger partial charge >= 0.3 is 0 Å². The van der Waals surface area contributed by atoms with Crippen molar-refractivity contribution in [2.75, 3.05) is 6.61 Å². The average molecular weight is 366 g/mol. The molecular formula is C17H17BrFNO2. The van der Waals surface area contributed by atoms with Crippen LogP contribution in [0.15, 0.2) is 46.9 Å². The summed E-state index contributed by atoms with van der Waals surface area (Å²) in [5.74, 6) is -0.251. The van der Waals surface area contributed by atoms with Gasteiger partial charge in [-0.15, -0.1) is 0 Å². The van der Waals surface area contributed by atoms with Gasteiger partial charge in [0.2, 0.25) is 0 Å². The maximum atomic E-state index is 13.7. The third-order valence-corrected chi connectivity index (χ3v) is 3.68. The zero-order chi connectivity index (χ0) is 16.1. The normalized spacial score (nSPS) is 11.8. The van der Waals surface area contributed by atoms with Gasteiger partial charge < -0.3 is 10.1 Å². The van der Waals surface area contributed by atoms with E-state index in [1.807, 2.05) is 38.1 Å². The van der Waals surface area contributed by atoms with E-state index in [2.05, 4.69) is 21.2 Å². The van der Waals surface area contributed by atoms with Crippen LogP contribution in [0.25, 0.3) is 0 Å². The second-order valence-corrected chi connectivity index (χ2v) is 5.74. The molecule has 0 heterocycles. The van der Waals surface area contributed by atoms with Crippen LogP contribution in [-0.4, -0.2) is 12.5 Å². The molecule has 0 saturated heterocycles. The van der Waals surface area contributed by atoms with Crippen molar-refractivity contribution in [3.8, 4) is 5.75 Å². The Kier molecular flexibility index (Phi) is 5.55. The second kappa shape index (κ2) is 7.40. The highest BCUT2D eigenvalue weighted by atomic mass is 79.9. The summed E-state index contributed by atoms with van der Waals surface area (Å²) in [6.07, 6.45) is 0. The fourth-order valence-corrected chi connectivity index (χ4v) is 2.43. The van der Waals surface area contributed by atoms with E-state index in [0.29, 0.717) is 11.1 Å². The van der Waals surface area contributed by atoms with Crippen molar-refractivity contribution in [1.29, 1.82) is 0 Å². The fraction of sp³-hybridized carbons (Fsp3) is 0.235. The number of benzene rings is 2. The molecule has 0 spiro atoms. The Morgan fingerprint density at radius 2 is 2.09 bits per heavy atom. The Morgan fingerprint density at radius 1 is 1.32 bits per heavy atom. The summed E-state index contributed by atoms with van der Waals surface area (Å²) >= 11 is 3.24. The van der Waals surface area contributed by atoms with Crippen molar-refractivity contribution in [1.82, 2.24) is 5.32 Å². The number of hydrogen-bond acceptors (Lipinski definition) is 2. The van der Waals surface area contributed by atoms with E-state index < -0.39 is 11.7 Å². The number of nitrogens with one attached hydrogen (secondary N) is 1. The van der Waals surface area contributed by atoms with Crippen molar-refractivity contribution in [2.45, 2.75) is 19.9 Å². The van der Waals surface area contributed by atoms with Gasteiger partial charge in [0.05, 0.1) is 18.2 Å². The van der Waals surface area contributed by atoms with Crippen molar-refractivity contribution < 1.29 is 13.9 Å². The largest absolute Gasteiger partial charge is 0.494 e. The monoisotopic (exact) mass is 365 g/mol. The van der Waals surface area contributed by atoms with E-state index in [1.165, 1.54) is 12.1 Å². The molecule has 2 aromatic rings. The van der Waals surface area contributed by atoms with E-state index in [4.69, 9.17) is 4.74 Å². The molecule has 0 aliphatic heterocycles. The van der Waals surface area contributed by atoms with Gasteiger partial charge in [0.1, 0.15) is 11.6 Å². The van der Waals surface area contributed by atoms with E-state index in [0.717, 1.165) is 11.3 Å². The Labute approximate surface area is 137 Å². The van der Waals surface area contributed by atoms with Crippen molar-refractivity contribution in [2.24, 2.45) is 0 Å². The molecule has 22 heavy (non-hydrogen) atoms. The molecule has 2 rings (SSSR count). The molecule has 0 radical (unpaired) electrons. The van der Waals surface area contributed by atoms with Gasteiger partial charge in [0.25, 0.3) is 5.91 Å². The number of rotatable bonds is 5. The van der Waals surface area contributed by atoms with Gasteiger partial charge in [-0.3, -0.25) is 4.79 Å². The van der Waals surface area contributed by atoms with Gasteiger partial charge in [-0.25, -0.2) is 4.39 Å². The van der Waals surface area contributed by atoms with Gasteiger partial charge in [0.15, 0.2) is 0 Å². The number of ether oxygens (including phenoxy) is 1. The lowest BCUT2D eigenvalue weighted by molar-refractivity contribution is 0.0935. The van der Waals surface area contributed by atoms with Gasteiger partial charge in [-0.05, 0) is 49.7 Å². The first kappa shape index (κ1) is 16.5. The molecule has 3 nitrogen and oxygen atoms in total. The number of carbonyl (C=O) groups excluding carboxylic acids is 1. The predicted octanol–water partition coefficient (Wildman–Crippen LogP) is 4.48. The van der Waals surface area contributed by atoms with Crippen molar-refractivity contribution in [3.63, 3.8) is 0 Å². The lowest BCUT2D eigenvalue weighted by Crippen LogP contribution is -2.27. The molecule has 1 atom stereocenters. The van der Waals surface area contributed by atoms with Gasteiger partial charge in [-0.1, -0.05) is 28.1 Å². The molecule has 2 aromatic carbocycles. The molecule has 5 heteroatoms. The standard InChI is InChI=1S/C17H17BrFNO2/c1-3-22-14-6-4-5-12(9-14)11(2)20-17(21)15-10-13(18)7-8-16(15)19/h4-11H,3H2,1-2H3,(H,20,21). The van der Waals surface area contributed by atoms with E-state index >= 15 is 0 Å². The molecule has 1 unspecified atom stereocenters. The first-order chi connectivity index (χ1) is 10.5. The van der Waals surface area contributed by atoms with Crippen molar-refractivity contribution in [3.05, 3.63) is 63.9 Å². The maximum Gasteiger partial charge on any atom is 0.254 e. The summed E-state index contributed by atoms with van der Waals surface area (Å²) in [7, 11) is 0. The van der Waals surface area contributed by atoms with Crippen LogP contribution in [0, 0.1) is 5.82 Å². The summed E-state index contributed by atoms with van der Waals surface area (Å²) in [6, 6.07) is 11.5. The third kappa shape index (κ3) is 4.07. The summed E-state index contributed by atoms with van der Waals surface area (Å²) in [6.45, 7) is 4.33. The molecule has 1 N–H and O–H groups in total. The fourth-order valence-electron chi connectivity index (χ4n) is 2.07. The summed E-state index contributed by atoms with van der Waals surface area (Å²) in [5.41, 5.74) is 0.914. The minimum atomic E-state index is -0.545. The highest BCUT2D eigenvalue weighted by Crippen LogP contribution is 2.21. The topological polar surface area (TPSA) is 38.3 Å². The third-order valence-electron chi connectivity index (χ3n) is 3.19. The zero-order valence-electron chi connectivity index (χ0n) is 12.4. The molecule has 116 valence electrons. The number of amides is 1. The Morgan fingerprint density at radius 3 is 2.82 bits per heavy atom. The molecule has 0 aliphatic rings. The lowest BCUT2D eigenvalue weighted by Gasteiger charge is -2.16. The number of carbonyl (C=O) groups is 1. The van der Waals surface area contributed by atoms with Crippen LogP contribution in [0.2, 0.25) is 0 Å². The highest BCUT2D eigenvalue weighted by Gasteiger charge is 2.16. The Hall–Kier alpha value is -1.88. The average Bonchev–Trinajstić information content (AvgIpc) is 2.50. The first-order valence-electron chi connectivity index (χ1n) is 7.00. The maximum absolute atomic E-state index is 13.7. The van der Waals surface area contributed by atoms with Crippen LogP contribution in [-0.2, 0) is 0 Å². The van der Waals surface area contributed by atoms with Crippen LogP contribution in [0.3, 0.4) is 0 Å². The summed E-state index contributed by atoms with van der Waals surface area (Å²) in [5, 5.41) is 2.79. The van der Waals surface area contributed by atoms with Crippen LogP contribution < -0.4 is 10.1 Å². The minimum absolute atomic E-state index is 0.0159. The lowest BCUT2D eigenvalue weighted by atomic mass is 10.1. The highest BCUT2D eigenvalue weighted by molar-refractivity contribution is 9.10. The molecule has 0 bridgehead atoms. The SMILES string of the molecule is CCOc1cccc(C(C)NC(=O)c2cc(Br)ccc2F)c1. The van der Waals surface area contributed by atoms with Crippen LogP contribution >= 0.6 is 15.9 Å². The molecular weight excluding hydrogens is 349 g/mol. The second-order valence-electron chi connectivity index (χ2n) is 4.82. The zero-order valence-corrected chi connectivity index (χ0v) is 14.0. The summed E-state index contributed by atoms with van der Waals surface area (Å²) < 4.78 is 19.8. The summed E-state index contributed by atoms with van der Waals surface area (Å²) in [4.78, 5) is 12.2. The molecule has 0 fully saturated rings.